The number of anilines is 2. The number of piperazine rings is 1. The van der Waals surface area contributed by atoms with Crippen molar-refractivity contribution < 1.29 is 14.0 Å². The van der Waals surface area contributed by atoms with E-state index in [2.05, 4.69) is 43.9 Å². The van der Waals surface area contributed by atoms with Crippen molar-refractivity contribution in [3.05, 3.63) is 41.5 Å². The van der Waals surface area contributed by atoms with E-state index in [-0.39, 0.29) is 23.7 Å². The summed E-state index contributed by atoms with van der Waals surface area (Å²) in [5.41, 5.74) is 1.87. The topological polar surface area (TPSA) is 94.0 Å². The van der Waals surface area contributed by atoms with Crippen LogP contribution in [-0.4, -0.2) is 76.6 Å². The van der Waals surface area contributed by atoms with Gasteiger partial charge in [-0.1, -0.05) is 6.42 Å². The molecule has 2 aromatic rings. The van der Waals surface area contributed by atoms with Crippen LogP contribution >= 0.6 is 0 Å². The monoisotopic (exact) mass is 507 g/mol. The van der Waals surface area contributed by atoms with Gasteiger partial charge in [-0.25, -0.2) is 14.4 Å². The molecule has 1 aromatic carbocycles. The Kier molecular flexibility index (Phi) is 7.45. The molecule has 1 unspecified atom stereocenters. The van der Waals surface area contributed by atoms with Gasteiger partial charge < -0.3 is 15.1 Å². The Morgan fingerprint density at radius 3 is 2.57 bits per heavy atom. The highest BCUT2D eigenvalue weighted by Gasteiger charge is 2.36. The van der Waals surface area contributed by atoms with E-state index in [1.54, 1.807) is 18.3 Å². The molecule has 1 aromatic heterocycles. The number of halogens is 1. The van der Waals surface area contributed by atoms with Crippen LogP contribution in [0.5, 0.6) is 0 Å². The molecule has 5 heterocycles. The number of fused-ring (bicyclic) bond motifs is 9. The molecule has 6 rings (SSSR count). The van der Waals surface area contributed by atoms with Crippen molar-refractivity contribution in [3.63, 3.8) is 0 Å². The van der Waals surface area contributed by atoms with Gasteiger partial charge in [0.1, 0.15) is 29.7 Å². The molecule has 37 heavy (non-hydrogen) atoms. The zero-order chi connectivity index (χ0) is 25.9. The molecular formula is C27H34FN7O2. The first-order valence-corrected chi connectivity index (χ1v) is 13.2. The largest absolute Gasteiger partial charge is 0.353 e. The van der Waals surface area contributed by atoms with Gasteiger partial charge in [0, 0.05) is 57.0 Å². The van der Waals surface area contributed by atoms with Crippen LogP contribution in [0.25, 0.3) is 0 Å². The summed E-state index contributed by atoms with van der Waals surface area (Å²) >= 11 is 0. The molecule has 4 aliphatic heterocycles. The lowest BCUT2D eigenvalue weighted by Gasteiger charge is -2.36. The van der Waals surface area contributed by atoms with Crippen molar-refractivity contribution in [2.45, 2.75) is 58.0 Å². The number of aliphatic imine (C=N–C) groups is 1. The Bertz CT molecular complexity index is 1190. The maximum absolute atomic E-state index is 14.7. The number of nitrogens with one attached hydrogen (secondary N) is 1. The molecule has 4 bridgehead atoms. The van der Waals surface area contributed by atoms with E-state index in [0.717, 1.165) is 25.8 Å². The molecule has 1 atom stereocenters. The van der Waals surface area contributed by atoms with Crippen molar-refractivity contribution in [2.24, 2.45) is 4.99 Å². The summed E-state index contributed by atoms with van der Waals surface area (Å²) in [6.07, 6.45) is 6.35. The van der Waals surface area contributed by atoms with Gasteiger partial charge in [-0.15, -0.1) is 0 Å². The van der Waals surface area contributed by atoms with E-state index in [9.17, 15) is 14.0 Å². The number of hydrogen-bond acceptors (Lipinski definition) is 7. The van der Waals surface area contributed by atoms with Gasteiger partial charge in [-0.3, -0.25) is 19.5 Å². The standard InChI is InChI=1S/C27H34FN7O2/c1-18(2)35-9-5-3-4-6-23(36)33-10-12-34(13-11-33)26-24-21(27(37)32-25(24)30-17-31-26)15-29-20-7-8-22(28)19(14-20)16-35/h7-8,14-15,17-18,21H,3-6,9-13,16H2,1-2H3,(H,30,31,32,37). The summed E-state index contributed by atoms with van der Waals surface area (Å²) in [6.45, 7) is 8.04. The fraction of sp³-hybridized carbons (Fsp3) is 0.519. The van der Waals surface area contributed by atoms with Crippen molar-refractivity contribution >= 4 is 35.4 Å². The number of nitrogens with zero attached hydrogens (tertiary/aromatic N) is 6. The van der Waals surface area contributed by atoms with Crippen LogP contribution in [0.2, 0.25) is 0 Å². The number of rotatable bonds is 1. The number of benzene rings is 1. The van der Waals surface area contributed by atoms with Crippen molar-refractivity contribution in [1.82, 2.24) is 19.8 Å². The van der Waals surface area contributed by atoms with Crippen molar-refractivity contribution in [3.8, 4) is 0 Å². The molecule has 10 heteroatoms. The first kappa shape index (κ1) is 25.3. The van der Waals surface area contributed by atoms with Gasteiger partial charge in [0.2, 0.25) is 11.8 Å². The first-order valence-electron chi connectivity index (χ1n) is 13.2. The molecule has 196 valence electrons. The normalized spacial score (nSPS) is 21.4. The first-order chi connectivity index (χ1) is 17.9. The number of carbonyl (C=O) groups excluding carboxylic acids is 2. The van der Waals surface area contributed by atoms with Gasteiger partial charge in [0.15, 0.2) is 0 Å². The Morgan fingerprint density at radius 1 is 1.00 bits per heavy atom. The van der Waals surface area contributed by atoms with Gasteiger partial charge in [-0.05, 0) is 51.4 Å². The lowest BCUT2D eigenvalue weighted by atomic mass is 10.0. The summed E-state index contributed by atoms with van der Waals surface area (Å²) in [4.78, 5) is 45.4. The Labute approximate surface area is 216 Å². The third-order valence-electron chi connectivity index (χ3n) is 7.47. The lowest BCUT2D eigenvalue weighted by molar-refractivity contribution is -0.131. The molecule has 1 N–H and O–H groups in total. The highest BCUT2D eigenvalue weighted by atomic mass is 19.1. The highest BCUT2D eigenvalue weighted by Crippen LogP contribution is 2.37. The maximum Gasteiger partial charge on any atom is 0.238 e. The minimum Gasteiger partial charge on any atom is -0.353 e. The van der Waals surface area contributed by atoms with Gasteiger partial charge >= 0.3 is 0 Å². The SMILES string of the molecule is CC(C)N1CCCCCC(=O)N2CCN(CC2)c2ncnc3c2C(C=Nc2ccc(F)c(c2)C1)C(=O)N3. The predicted octanol–water partition coefficient (Wildman–Crippen LogP) is 3.49. The molecule has 0 saturated carbocycles. The molecule has 9 nitrogen and oxygen atoms in total. The fourth-order valence-electron chi connectivity index (χ4n) is 5.25. The number of carbonyl (C=O) groups is 2. The quantitative estimate of drug-likeness (QED) is 0.635. The average molecular weight is 508 g/mol. The number of aromatic nitrogens is 2. The van der Waals surface area contributed by atoms with Gasteiger partial charge in [-0.2, -0.15) is 0 Å². The molecule has 0 radical (unpaired) electrons. The zero-order valence-electron chi connectivity index (χ0n) is 21.5. The van der Waals surface area contributed by atoms with Crippen molar-refractivity contribution in [1.29, 1.82) is 0 Å². The van der Waals surface area contributed by atoms with Crippen LogP contribution in [0.4, 0.5) is 21.7 Å². The number of amides is 2. The summed E-state index contributed by atoms with van der Waals surface area (Å²) < 4.78 is 14.7. The minimum absolute atomic E-state index is 0.184. The van der Waals surface area contributed by atoms with E-state index in [0.29, 0.717) is 67.6 Å². The molecule has 0 spiro atoms. The second kappa shape index (κ2) is 10.9. The summed E-state index contributed by atoms with van der Waals surface area (Å²) in [6, 6.07) is 5.08. The van der Waals surface area contributed by atoms with E-state index < -0.39 is 5.92 Å². The van der Waals surface area contributed by atoms with Crippen LogP contribution in [0.3, 0.4) is 0 Å². The van der Waals surface area contributed by atoms with Crippen LogP contribution < -0.4 is 10.2 Å². The Hall–Kier alpha value is -3.40. The van der Waals surface area contributed by atoms with Crippen LogP contribution in [0, 0.1) is 5.82 Å². The summed E-state index contributed by atoms with van der Waals surface area (Å²) in [5, 5.41) is 2.84. The van der Waals surface area contributed by atoms with Crippen molar-refractivity contribution in [2.75, 3.05) is 42.9 Å². The second-order valence-electron chi connectivity index (χ2n) is 10.2. The zero-order valence-corrected chi connectivity index (χ0v) is 21.5. The second-order valence-corrected chi connectivity index (χ2v) is 10.2. The fourth-order valence-corrected chi connectivity index (χ4v) is 5.25. The van der Waals surface area contributed by atoms with Gasteiger partial charge in [0.25, 0.3) is 0 Å². The van der Waals surface area contributed by atoms with Crippen LogP contribution in [0.15, 0.2) is 29.5 Å². The van der Waals surface area contributed by atoms with E-state index in [1.165, 1.54) is 12.4 Å². The molecule has 1 saturated heterocycles. The molecular weight excluding hydrogens is 473 g/mol. The number of hydrogen-bond donors (Lipinski definition) is 1. The molecule has 0 aliphatic carbocycles. The van der Waals surface area contributed by atoms with E-state index in [1.807, 2.05) is 4.90 Å². The lowest BCUT2D eigenvalue weighted by Crippen LogP contribution is -2.49. The minimum atomic E-state index is -0.655. The third kappa shape index (κ3) is 5.49. The summed E-state index contributed by atoms with van der Waals surface area (Å²) in [5.74, 6) is 0.216. The Morgan fingerprint density at radius 2 is 1.78 bits per heavy atom. The Balaban J connectivity index is 1.49. The van der Waals surface area contributed by atoms with Crippen LogP contribution in [-0.2, 0) is 16.1 Å². The maximum atomic E-state index is 14.7. The van der Waals surface area contributed by atoms with Gasteiger partial charge in [0.05, 0.1) is 11.3 Å². The highest BCUT2D eigenvalue weighted by molar-refractivity contribution is 6.13. The third-order valence-corrected chi connectivity index (χ3v) is 7.47. The van der Waals surface area contributed by atoms with E-state index >= 15 is 0 Å². The molecule has 2 amide bonds. The smallest absolute Gasteiger partial charge is 0.238 e. The predicted molar refractivity (Wildman–Crippen MR) is 141 cm³/mol. The molecule has 4 aliphatic rings. The van der Waals surface area contributed by atoms with Crippen LogP contribution in [0.1, 0.15) is 56.6 Å². The summed E-state index contributed by atoms with van der Waals surface area (Å²) in [7, 11) is 0. The average Bonchev–Trinajstić information content (AvgIpc) is 3.22. The van der Waals surface area contributed by atoms with E-state index in [4.69, 9.17) is 0 Å². The molecule has 1 fully saturated rings.